The van der Waals surface area contributed by atoms with Gasteiger partial charge >= 0.3 is 0 Å². The largest absolute Gasteiger partial charge is 0.456 e. The van der Waals surface area contributed by atoms with Crippen LogP contribution in [-0.4, -0.2) is 9.13 Å². The lowest BCUT2D eigenvalue weighted by Gasteiger charge is -2.28. The molecule has 0 saturated carbocycles. The standard InChI is InChI=1S/C106H68N4O2/c1-2-20-73(21-3-1)85-23-4-10-34-96(85)108(80-60-64-82(65-61-80)110-99-37-13-7-26-91(99)92-27-8-14-38-100(92)110)79-56-52-72(53-57-79)70-44-48-75(49-45-70)87-30-19-41-103-105(87)95-33-17-32-93(106(95)112-103)88-31-16-22-76-68-83(66-67-84(76)88)107(78-58-62-81(63-59-78)109-97-35-11-5-24-89(97)90-25-6-12-36-98(90)109)77-54-50-71(51-55-77)69-42-46-74(47-43-69)86-29-18-40-102-104(86)94-28-9-15-39-101(94)111-102/h1-68H. The molecular formula is C106H68N4O2. The zero-order valence-electron chi connectivity index (χ0n) is 60.9. The third kappa shape index (κ3) is 10.7. The van der Waals surface area contributed by atoms with Crippen molar-refractivity contribution in [2.45, 2.75) is 0 Å². The van der Waals surface area contributed by atoms with Crippen LogP contribution in [0.25, 0.3) is 176 Å². The van der Waals surface area contributed by atoms with Crippen LogP contribution in [0.1, 0.15) is 0 Å². The molecule has 524 valence electrons. The molecule has 22 aromatic rings. The van der Waals surface area contributed by atoms with Crippen molar-refractivity contribution >= 4 is 132 Å². The highest BCUT2D eigenvalue weighted by Gasteiger charge is 2.24. The Morgan fingerprint density at radius 2 is 0.554 bits per heavy atom. The van der Waals surface area contributed by atoms with Crippen molar-refractivity contribution < 1.29 is 8.83 Å². The Morgan fingerprint density at radius 3 is 1.10 bits per heavy atom. The SMILES string of the molecule is c1ccc(-c2ccccc2N(c2ccc(-c3ccc(-c4cccc5oc6c(-c7cccc8cc(N(c9ccc(-c%10ccc(-c%11cccc%12oc%13ccccc%13c%11%12)cc%10)cc9)c9ccc(-n%10c%11ccccc%11c%11ccccc%11%10)cc9)ccc78)cccc6c45)cc3)cc2)c2ccc(-n3c4ccccc4c4ccccc43)cc2)cc1. The fraction of sp³-hybridized carbons (Fsp3) is 0. The quantitative estimate of drug-likeness (QED) is 0.109. The number of hydrogen-bond donors (Lipinski definition) is 0. The molecule has 4 aromatic heterocycles. The van der Waals surface area contributed by atoms with Gasteiger partial charge in [0.1, 0.15) is 22.3 Å². The smallest absolute Gasteiger partial charge is 0.143 e. The van der Waals surface area contributed by atoms with E-state index in [0.717, 1.165) is 167 Å². The second kappa shape index (κ2) is 26.5. The van der Waals surface area contributed by atoms with Gasteiger partial charge in [0.05, 0.1) is 27.8 Å². The molecule has 6 nitrogen and oxygen atoms in total. The Balaban J connectivity index is 0.581. The first kappa shape index (κ1) is 64.2. The maximum atomic E-state index is 7.06. The van der Waals surface area contributed by atoms with Gasteiger partial charge in [-0.05, 0) is 200 Å². The van der Waals surface area contributed by atoms with Crippen molar-refractivity contribution in [3.05, 3.63) is 413 Å². The van der Waals surface area contributed by atoms with Gasteiger partial charge in [-0.2, -0.15) is 0 Å². The topological polar surface area (TPSA) is 42.6 Å². The Labute approximate surface area is 646 Å². The van der Waals surface area contributed by atoms with Gasteiger partial charge in [-0.25, -0.2) is 0 Å². The van der Waals surface area contributed by atoms with Crippen molar-refractivity contribution in [2.75, 3.05) is 9.80 Å². The van der Waals surface area contributed by atoms with E-state index >= 15 is 0 Å². The number of benzene rings is 18. The van der Waals surface area contributed by atoms with Gasteiger partial charge in [-0.15, -0.1) is 0 Å². The van der Waals surface area contributed by atoms with Crippen LogP contribution in [0.4, 0.5) is 34.1 Å². The number of hydrogen-bond acceptors (Lipinski definition) is 4. The summed E-state index contributed by atoms with van der Waals surface area (Å²) < 4.78 is 18.1. The summed E-state index contributed by atoms with van der Waals surface area (Å²) in [6.07, 6.45) is 0. The molecule has 0 radical (unpaired) electrons. The minimum absolute atomic E-state index is 0.849. The first-order valence-corrected chi connectivity index (χ1v) is 38.3. The zero-order chi connectivity index (χ0) is 73.7. The number of nitrogens with zero attached hydrogens (tertiary/aromatic N) is 4. The maximum Gasteiger partial charge on any atom is 0.143 e. The van der Waals surface area contributed by atoms with Gasteiger partial charge in [-0.1, -0.05) is 279 Å². The fourth-order valence-corrected chi connectivity index (χ4v) is 17.6. The van der Waals surface area contributed by atoms with E-state index in [0.29, 0.717) is 0 Å². The molecule has 0 N–H and O–H groups in total. The number of rotatable bonds is 14. The summed E-state index contributed by atoms with van der Waals surface area (Å²) >= 11 is 0. The molecule has 0 unspecified atom stereocenters. The van der Waals surface area contributed by atoms with Crippen molar-refractivity contribution in [1.82, 2.24) is 9.13 Å². The molecule has 0 aliphatic carbocycles. The van der Waals surface area contributed by atoms with Crippen LogP contribution in [0, 0.1) is 0 Å². The molecule has 4 heterocycles. The van der Waals surface area contributed by atoms with Gasteiger partial charge in [-0.3, -0.25) is 0 Å². The average molecular weight is 1430 g/mol. The van der Waals surface area contributed by atoms with Crippen LogP contribution in [0.15, 0.2) is 421 Å². The van der Waals surface area contributed by atoms with Crippen LogP contribution >= 0.6 is 0 Å². The highest BCUT2D eigenvalue weighted by atomic mass is 16.3. The molecule has 0 saturated heterocycles. The van der Waals surface area contributed by atoms with Crippen molar-refractivity contribution in [3.8, 4) is 78.1 Å². The van der Waals surface area contributed by atoms with E-state index in [1.807, 2.05) is 12.1 Å². The molecule has 0 bridgehead atoms. The van der Waals surface area contributed by atoms with Gasteiger partial charge in [0.15, 0.2) is 0 Å². The molecule has 0 spiro atoms. The Hall–Kier alpha value is -15.0. The van der Waals surface area contributed by atoms with E-state index in [4.69, 9.17) is 8.83 Å². The number of furan rings is 2. The molecule has 0 fully saturated rings. The van der Waals surface area contributed by atoms with Gasteiger partial charge in [0, 0.05) is 94.0 Å². The third-order valence-corrected chi connectivity index (χ3v) is 22.8. The molecule has 0 aliphatic rings. The lowest BCUT2D eigenvalue weighted by Crippen LogP contribution is -2.11. The monoisotopic (exact) mass is 1430 g/mol. The normalized spacial score (nSPS) is 11.8. The molecule has 112 heavy (non-hydrogen) atoms. The Bertz CT molecular complexity index is 7290. The van der Waals surface area contributed by atoms with Crippen LogP contribution in [0.5, 0.6) is 0 Å². The summed E-state index contributed by atoms with van der Waals surface area (Å²) in [5, 5.41) is 11.7. The highest BCUT2D eigenvalue weighted by Crippen LogP contribution is 2.48. The summed E-state index contributed by atoms with van der Waals surface area (Å²) in [6, 6.07) is 149. The predicted molar refractivity (Wildman–Crippen MR) is 469 cm³/mol. The van der Waals surface area contributed by atoms with Crippen LogP contribution in [-0.2, 0) is 0 Å². The summed E-state index contributed by atoms with van der Waals surface area (Å²) in [5.41, 5.74) is 30.4. The highest BCUT2D eigenvalue weighted by molar-refractivity contribution is 6.18. The molecule has 0 atom stereocenters. The van der Waals surface area contributed by atoms with Crippen LogP contribution < -0.4 is 9.80 Å². The van der Waals surface area contributed by atoms with Crippen LogP contribution in [0.2, 0.25) is 0 Å². The number of anilines is 6. The second-order valence-corrected chi connectivity index (χ2v) is 29.0. The summed E-state index contributed by atoms with van der Waals surface area (Å²) in [5.74, 6) is 0. The minimum Gasteiger partial charge on any atom is -0.456 e. The summed E-state index contributed by atoms with van der Waals surface area (Å²) in [6.45, 7) is 0. The van der Waals surface area contributed by atoms with Crippen molar-refractivity contribution in [2.24, 2.45) is 0 Å². The third-order valence-electron chi connectivity index (χ3n) is 22.8. The molecule has 0 amide bonds. The molecule has 0 aliphatic heterocycles. The Morgan fingerprint density at radius 1 is 0.196 bits per heavy atom. The fourth-order valence-electron chi connectivity index (χ4n) is 17.6. The predicted octanol–water partition coefficient (Wildman–Crippen LogP) is 29.8. The average Bonchev–Trinajstić information content (AvgIpc) is 1.61. The van der Waals surface area contributed by atoms with Crippen LogP contribution in [0.3, 0.4) is 0 Å². The number of para-hydroxylation sites is 7. The zero-order valence-corrected chi connectivity index (χ0v) is 60.9. The van der Waals surface area contributed by atoms with E-state index < -0.39 is 0 Å². The lowest BCUT2D eigenvalue weighted by atomic mass is 9.94. The second-order valence-electron chi connectivity index (χ2n) is 29.0. The first-order valence-electron chi connectivity index (χ1n) is 38.3. The summed E-state index contributed by atoms with van der Waals surface area (Å²) in [4.78, 5) is 4.77. The van der Waals surface area contributed by atoms with Crippen molar-refractivity contribution in [1.29, 1.82) is 0 Å². The van der Waals surface area contributed by atoms with Crippen molar-refractivity contribution in [3.63, 3.8) is 0 Å². The summed E-state index contributed by atoms with van der Waals surface area (Å²) in [7, 11) is 0. The Kier molecular flexibility index (Phi) is 15.2. The maximum absolute atomic E-state index is 7.06. The van der Waals surface area contributed by atoms with E-state index in [1.54, 1.807) is 0 Å². The molecule has 6 heteroatoms. The first-order chi connectivity index (χ1) is 55.5. The van der Waals surface area contributed by atoms with E-state index in [-0.39, 0.29) is 0 Å². The van der Waals surface area contributed by atoms with E-state index in [2.05, 4.69) is 419 Å². The molecule has 18 aromatic carbocycles. The van der Waals surface area contributed by atoms with Gasteiger partial charge in [0.25, 0.3) is 0 Å². The van der Waals surface area contributed by atoms with E-state index in [1.165, 1.54) is 43.6 Å². The molecule has 22 rings (SSSR count). The van der Waals surface area contributed by atoms with Gasteiger partial charge in [0.2, 0.25) is 0 Å². The van der Waals surface area contributed by atoms with E-state index in [9.17, 15) is 0 Å². The van der Waals surface area contributed by atoms with Gasteiger partial charge < -0.3 is 27.8 Å². The number of aromatic nitrogens is 2. The lowest BCUT2D eigenvalue weighted by molar-refractivity contribution is 0.669. The molecular weight excluding hydrogens is 1360 g/mol. The minimum atomic E-state index is 0.849. The number of fused-ring (bicyclic) bond motifs is 13.